The van der Waals surface area contributed by atoms with Crippen molar-refractivity contribution in [2.75, 3.05) is 13.1 Å². The van der Waals surface area contributed by atoms with Gasteiger partial charge >= 0.3 is 7.12 Å². The van der Waals surface area contributed by atoms with Gasteiger partial charge in [-0.25, -0.2) is 0 Å². The Labute approximate surface area is 138 Å². The molecule has 0 spiro atoms. The third kappa shape index (κ3) is 2.83. The van der Waals surface area contributed by atoms with E-state index in [1.807, 2.05) is 4.90 Å². The van der Waals surface area contributed by atoms with Crippen molar-refractivity contribution in [1.29, 1.82) is 0 Å². The average molecular weight is 319 g/mol. The molecule has 2 aliphatic heterocycles. The number of piperidine rings is 1. The van der Waals surface area contributed by atoms with Crippen LogP contribution in [0.15, 0.2) is 22.8 Å². The first-order valence-corrected chi connectivity index (χ1v) is 8.33. The topological polar surface area (TPSA) is 51.9 Å². The summed E-state index contributed by atoms with van der Waals surface area (Å²) < 4.78 is 17.7. The van der Waals surface area contributed by atoms with Gasteiger partial charge in [0.25, 0.3) is 5.91 Å². The van der Waals surface area contributed by atoms with Gasteiger partial charge in [-0.3, -0.25) is 4.79 Å². The van der Waals surface area contributed by atoms with Gasteiger partial charge in [0, 0.05) is 18.4 Å². The Kier molecular flexibility index (Phi) is 3.88. The Morgan fingerprint density at radius 1 is 1.09 bits per heavy atom. The smallest absolute Gasteiger partial charge is 0.459 e. The third-order valence-corrected chi connectivity index (χ3v) is 5.75. The highest BCUT2D eigenvalue weighted by atomic mass is 16.7. The summed E-state index contributed by atoms with van der Waals surface area (Å²) in [6.45, 7) is 11.9. The van der Waals surface area contributed by atoms with E-state index in [4.69, 9.17) is 13.7 Å². The Balaban J connectivity index is 1.65. The molecule has 126 valence electrons. The predicted octanol–water partition coefficient (Wildman–Crippen LogP) is 3.37. The molecule has 0 bridgehead atoms. The van der Waals surface area contributed by atoms with E-state index < -0.39 is 0 Å². The normalized spacial score (nSPS) is 25.6. The number of likely N-dealkylation sites (tertiary alicyclic amines) is 1. The highest BCUT2D eigenvalue weighted by Crippen LogP contribution is 2.49. The zero-order chi connectivity index (χ0) is 16.9. The van der Waals surface area contributed by atoms with Crippen molar-refractivity contribution in [2.45, 2.75) is 64.0 Å². The van der Waals surface area contributed by atoms with Crippen LogP contribution >= 0.6 is 0 Å². The van der Waals surface area contributed by atoms with E-state index in [9.17, 15) is 4.79 Å². The highest BCUT2D eigenvalue weighted by Gasteiger charge is 2.58. The third-order valence-electron chi connectivity index (χ3n) is 5.75. The summed E-state index contributed by atoms with van der Waals surface area (Å²) >= 11 is 0. The maximum Gasteiger partial charge on any atom is 0.464 e. The first-order chi connectivity index (χ1) is 10.6. The minimum Gasteiger partial charge on any atom is -0.459 e. The fraction of sp³-hybridized carbons (Fsp3) is 0.706. The average Bonchev–Trinajstić information content (AvgIpc) is 3.06. The summed E-state index contributed by atoms with van der Waals surface area (Å²) in [7, 11) is -0.228. The standard InChI is InChI=1S/C17H26BNO4/c1-15(2)16(3,4)23-18(22-15)17(5)8-10-19(11-9-17)14(20)13-7-6-12-21-13/h6-7,12H,8-11H2,1-5H3. The molecule has 1 aromatic rings. The van der Waals surface area contributed by atoms with Crippen LogP contribution in [0.4, 0.5) is 0 Å². The molecule has 0 aliphatic carbocycles. The molecule has 1 amide bonds. The molecule has 6 heteroatoms. The van der Waals surface area contributed by atoms with Crippen molar-refractivity contribution < 1.29 is 18.5 Å². The number of rotatable bonds is 2. The Morgan fingerprint density at radius 3 is 2.13 bits per heavy atom. The zero-order valence-electron chi connectivity index (χ0n) is 14.7. The summed E-state index contributed by atoms with van der Waals surface area (Å²) in [5.41, 5.74) is -0.635. The lowest BCUT2D eigenvalue weighted by molar-refractivity contribution is 0.00578. The molecule has 0 aromatic carbocycles. The van der Waals surface area contributed by atoms with Crippen molar-refractivity contribution in [3.05, 3.63) is 24.2 Å². The van der Waals surface area contributed by atoms with Gasteiger partial charge in [0.05, 0.1) is 17.5 Å². The SMILES string of the molecule is CC1(B2OC(C)(C)C(C)(C)O2)CCN(C(=O)c2ccco2)CC1. The van der Waals surface area contributed by atoms with E-state index in [0.29, 0.717) is 18.8 Å². The van der Waals surface area contributed by atoms with Crippen LogP contribution in [0.3, 0.4) is 0 Å². The maximum absolute atomic E-state index is 12.4. The van der Waals surface area contributed by atoms with Gasteiger partial charge in [0.2, 0.25) is 0 Å². The molecular weight excluding hydrogens is 293 g/mol. The lowest BCUT2D eigenvalue weighted by atomic mass is 9.54. The summed E-state index contributed by atoms with van der Waals surface area (Å²) in [6, 6.07) is 3.45. The maximum atomic E-state index is 12.4. The molecule has 0 atom stereocenters. The lowest BCUT2D eigenvalue weighted by Gasteiger charge is -2.40. The first-order valence-electron chi connectivity index (χ1n) is 8.33. The largest absolute Gasteiger partial charge is 0.464 e. The van der Waals surface area contributed by atoms with Crippen LogP contribution in [0.25, 0.3) is 0 Å². The molecule has 3 rings (SSSR count). The number of hydrogen-bond acceptors (Lipinski definition) is 4. The van der Waals surface area contributed by atoms with E-state index in [0.717, 1.165) is 12.8 Å². The molecule has 5 nitrogen and oxygen atoms in total. The molecule has 2 fully saturated rings. The summed E-state index contributed by atoms with van der Waals surface area (Å²) in [4.78, 5) is 14.2. The molecular formula is C17H26BNO4. The molecule has 0 N–H and O–H groups in total. The summed E-state index contributed by atoms with van der Waals surface area (Å²) in [5, 5.41) is -0.0784. The van der Waals surface area contributed by atoms with Crippen molar-refractivity contribution in [2.24, 2.45) is 0 Å². The Hall–Kier alpha value is -1.27. The van der Waals surface area contributed by atoms with Crippen LogP contribution in [0, 0.1) is 0 Å². The van der Waals surface area contributed by atoms with Gasteiger partial charge in [-0.05, 0) is 52.7 Å². The van der Waals surface area contributed by atoms with Crippen LogP contribution in [-0.2, 0) is 9.31 Å². The second-order valence-electron chi connectivity index (χ2n) is 8.01. The van der Waals surface area contributed by atoms with Crippen molar-refractivity contribution in [3.63, 3.8) is 0 Å². The van der Waals surface area contributed by atoms with Crippen LogP contribution in [0.2, 0.25) is 5.31 Å². The lowest BCUT2D eigenvalue weighted by Crippen LogP contribution is -2.46. The number of carbonyl (C=O) groups excluding carboxylic acids is 1. The predicted molar refractivity (Wildman–Crippen MR) is 88.3 cm³/mol. The van der Waals surface area contributed by atoms with Gasteiger partial charge in [0.1, 0.15) is 0 Å². The molecule has 0 saturated carbocycles. The minimum atomic E-state index is -0.318. The monoisotopic (exact) mass is 319 g/mol. The number of amides is 1. The molecule has 1 aromatic heterocycles. The zero-order valence-corrected chi connectivity index (χ0v) is 14.7. The minimum absolute atomic E-state index is 0.0361. The molecule has 2 aliphatic rings. The number of furan rings is 1. The Morgan fingerprint density at radius 2 is 1.65 bits per heavy atom. The Bertz CT molecular complexity index is 557. The van der Waals surface area contributed by atoms with E-state index in [2.05, 4.69) is 34.6 Å². The molecule has 0 radical (unpaired) electrons. The number of nitrogens with zero attached hydrogens (tertiary/aromatic N) is 1. The van der Waals surface area contributed by atoms with Crippen molar-refractivity contribution >= 4 is 13.0 Å². The van der Waals surface area contributed by atoms with Gasteiger partial charge < -0.3 is 18.6 Å². The quantitative estimate of drug-likeness (QED) is 0.784. The highest BCUT2D eigenvalue weighted by molar-refractivity contribution is 6.49. The second-order valence-corrected chi connectivity index (χ2v) is 8.01. The fourth-order valence-electron chi connectivity index (χ4n) is 3.14. The van der Waals surface area contributed by atoms with E-state index in [1.165, 1.54) is 6.26 Å². The first kappa shape index (κ1) is 16.6. The van der Waals surface area contributed by atoms with Crippen LogP contribution in [-0.4, -0.2) is 42.2 Å². The van der Waals surface area contributed by atoms with Crippen LogP contribution in [0.1, 0.15) is 58.0 Å². The molecule has 2 saturated heterocycles. The van der Waals surface area contributed by atoms with Gasteiger partial charge in [-0.1, -0.05) is 6.92 Å². The number of carbonyl (C=O) groups is 1. The molecule has 0 unspecified atom stereocenters. The van der Waals surface area contributed by atoms with Gasteiger partial charge in [0.15, 0.2) is 5.76 Å². The molecule has 23 heavy (non-hydrogen) atoms. The fourth-order valence-corrected chi connectivity index (χ4v) is 3.14. The number of hydrogen-bond donors (Lipinski definition) is 0. The van der Waals surface area contributed by atoms with Gasteiger partial charge in [-0.2, -0.15) is 0 Å². The van der Waals surface area contributed by atoms with E-state index in [-0.39, 0.29) is 29.5 Å². The van der Waals surface area contributed by atoms with E-state index in [1.54, 1.807) is 12.1 Å². The summed E-state index contributed by atoms with van der Waals surface area (Å²) in [5.74, 6) is 0.371. The van der Waals surface area contributed by atoms with Crippen molar-refractivity contribution in [3.8, 4) is 0 Å². The van der Waals surface area contributed by atoms with Gasteiger partial charge in [-0.15, -0.1) is 0 Å². The van der Waals surface area contributed by atoms with Crippen LogP contribution in [0.5, 0.6) is 0 Å². The van der Waals surface area contributed by atoms with Crippen molar-refractivity contribution in [1.82, 2.24) is 4.90 Å². The van der Waals surface area contributed by atoms with E-state index >= 15 is 0 Å². The summed E-state index contributed by atoms with van der Waals surface area (Å²) in [6.07, 6.45) is 3.25. The second kappa shape index (κ2) is 5.38. The van der Waals surface area contributed by atoms with Crippen LogP contribution < -0.4 is 0 Å². The molecule has 3 heterocycles.